The Balaban J connectivity index is 1.71. The number of nitrogens with one attached hydrogen (secondary N) is 2. The topological polar surface area (TPSA) is 132 Å². The van der Waals surface area contributed by atoms with Gasteiger partial charge in [-0.05, 0) is 97.8 Å². The van der Waals surface area contributed by atoms with Crippen LogP contribution >= 0.6 is 0 Å². The van der Waals surface area contributed by atoms with Crippen LogP contribution in [0.1, 0.15) is 80.1 Å². The number of carbonyl (C=O) groups is 2. The average molecular weight is 482 g/mol. The normalized spacial score (nSPS) is 25.9. The summed E-state index contributed by atoms with van der Waals surface area (Å²) >= 11 is 0. The maximum atomic E-state index is 12.4. The lowest BCUT2D eigenvalue weighted by Gasteiger charge is -2.36. The molecule has 2 rings (SSSR count). The van der Waals surface area contributed by atoms with E-state index in [-0.39, 0.29) is 17.7 Å². The minimum atomic E-state index is -0.437. The fourth-order valence-electron chi connectivity index (χ4n) is 4.73. The van der Waals surface area contributed by atoms with E-state index in [1.165, 1.54) is 0 Å². The molecule has 2 aliphatic rings. The summed E-state index contributed by atoms with van der Waals surface area (Å²) in [4.78, 5) is 22.7. The molecule has 9 nitrogen and oxygen atoms in total. The van der Waals surface area contributed by atoms with Gasteiger partial charge >= 0.3 is 6.09 Å². The van der Waals surface area contributed by atoms with Gasteiger partial charge in [-0.25, -0.2) is 10.6 Å². The van der Waals surface area contributed by atoms with E-state index in [0.717, 1.165) is 43.5 Å². The number of alkyl carbamates (subject to hydrolysis) is 1. The van der Waals surface area contributed by atoms with Gasteiger partial charge in [0.2, 0.25) is 6.41 Å². The number of allylic oxidation sites excluding steroid dienone is 2. The molecule has 9 heteroatoms. The van der Waals surface area contributed by atoms with Crippen LogP contribution in [0.15, 0.2) is 11.4 Å². The second-order valence-electron chi connectivity index (χ2n) is 11.5. The molecule has 0 heterocycles. The Morgan fingerprint density at radius 1 is 1.21 bits per heavy atom. The molecule has 4 atom stereocenters. The smallest absolute Gasteiger partial charge is 0.407 e. The summed E-state index contributed by atoms with van der Waals surface area (Å²) in [5.41, 5.74) is 7.71. The van der Waals surface area contributed by atoms with Crippen LogP contribution in [-0.4, -0.2) is 54.5 Å². The minimum absolute atomic E-state index is 0.0420. The monoisotopic (exact) mass is 481 g/mol. The van der Waals surface area contributed by atoms with E-state index in [2.05, 4.69) is 31.4 Å². The van der Waals surface area contributed by atoms with Crippen molar-refractivity contribution in [2.24, 2.45) is 29.3 Å². The second kappa shape index (κ2) is 12.1. The lowest BCUT2D eigenvalue weighted by molar-refractivity contribution is -0.109. The van der Waals surface area contributed by atoms with E-state index in [0.29, 0.717) is 50.3 Å². The maximum absolute atomic E-state index is 12.4. The summed E-state index contributed by atoms with van der Waals surface area (Å²) < 4.78 is 11.4. The fraction of sp³-hybridized carbons (Fsp3) is 0.840. The van der Waals surface area contributed by atoms with Gasteiger partial charge in [0.1, 0.15) is 0 Å². The highest BCUT2D eigenvalue weighted by molar-refractivity contribution is 5.68. The Hall–Kier alpha value is -2.00. The highest BCUT2D eigenvalue weighted by Crippen LogP contribution is 2.54. The number of nitrogens with zero attached hydrogens (tertiary/aromatic N) is 1. The maximum Gasteiger partial charge on any atom is 0.407 e. The van der Waals surface area contributed by atoms with Crippen LogP contribution in [0.4, 0.5) is 4.79 Å². The van der Waals surface area contributed by atoms with Gasteiger partial charge in [-0.2, -0.15) is 0 Å². The second-order valence-corrected chi connectivity index (χ2v) is 11.5. The van der Waals surface area contributed by atoms with Crippen molar-refractivity contribution >= 4 is 12.5 Å². The van der Waals surface area contributed by atoms with Crippen LogP contribution in [0.3, 0.4) is 0 Å². The van der Waals surface area contributed by atoms with Gasteiger partial charge in [0.25, 0.3) is 0 Å². The number of hydrogen-bond donors (Lipinski definition) is 4. The predicted octanol–water partition coefficient (Wildman–Crippen LogP) is 3.00. The zero-order valence-corrected chi connectivity index (χ0v) is 22.0. The van der Waals surface area contributed by atoms with E-state index in [1.807, 2.05) is 25.8 Å². The van der Waals surface area contributed by atoms with Gasteiger partial charge < -0.3 is 30.8 Å². The quantitative estimate of drug-likeness (QED) is 0.146. The van der Waals surface area contributed by atoms with E-state index in [4.69, 9.17) is 21.1 Å². The molecule has 196 valence electrons. The molecule has 0 aromatic rings. The van der Waals surface area contributed by atoms with E-state index < -0.39 is 5.54 Å². The Labute approximate surface area is 205 Å². The molecule has 6 N–H and O–H groups in total. The van der Waals surface area contributed by atoms with Gasteiger partial charge in [0.15, 0.2) is 0 Å². The SMILES string of the molecule is CC(CCNC=O)OCCC(C)(C)NC(=O)OC[C@H]1C2CC/C(N)=C(/N(N)C(C)(C)C)CCC21. The van der Waals surface area contributed by atoms with Crippen LogP contribution in [0, 0.1) is 17.8 Å². The number of carbonyl (C=O) groups excluding carboxylic acids is 2. The molecule has 34 heavy (non-hydrogen) atoms. The molecular formula is C25H47N5O4. The number of ether oxygens (including phenoxy) is 2. The number of rotatable bonds is 12. The number of hydrogen-bond acceptors (Lipinski definition) is 7. The first-order valence-corrected chi connectivity index (χ1v) is 12.6. The summed E-state index contributed by atoms with van der Waals surface area (Å²) in [6, 6.07) is 0. The van der Waals surface area contributed by atoms with Crippen LogP contribution in [-0.2, 0) is 14.3 Å². The first-order chi connectivity index (χ1) is 15.9. The van der Waals surface area contributed by atoms with Gasteiger partial charge in [-0.15, -0.1) is 0 Å². The largest absolute Gasteiger partial charge is 0.449 e. The molecule has 0 spiro atoms. The summed E-state index contributed by atoms with van der Waals surface area (Å²) in [5.74, 6) is 7.87. The van der Waals surface area contributed by atoms with Crippen LogP contribution in [0.25, 0.3) is 0 Å². The van der Waals surface area contributed by atoms with Gasteiger partial charge in [-0.3, -0.25) is 4.79 Å². The third-order valence-electron chi connectivity index (χ3n) is 7.11. The third kappa shape index (κ3) is 8.65. The van der Waals surface area contributed by atoms with Crippen LogP contribution in [0.2, 0.25) is 0 Å². The molecule has 2 amide bonds. The fourth-order valence-corrected chi connectivity index (χ4v) is 4.73. The van der Waals surface area contributed by atoms with E-state index in [9.17, 15) is 9.59 Å². The van der Waals surface area contributed by atoms with Crippen molar-refractivity contribution in [3.8, 4) is 0 Å². The Morgan fingerprint density at radius 2 is 1.85 bits per heavy atom. The molecule has 0 radical (unpaired) electrons. The molecule has 1 saturated carbocycles. The Bertz CT molecular complexity index is 719. The van der Waals surface area contributed by atoms with Crippen LogP contribution < -0.4 is 22.2 Å². The molecule has 0 bridgehead atoms. The number of fused-ring (bicyclic) bond motifs is 1. The Kier molecular flexibility index (Phi) is 10.1. The molecular weight excluding hydrogens is 434 g/mol. The molecule has 0 aromatic heterocycles. The number of nitrogens with two attached hydrogens (primary N) is 2. The molecule has 0 aliphatic heterocycles. The minimum Gasteiger partial charge on any atom is -0.449 e. The van der Waals surface area contributed by atoms with E-state index in [1.54, 1.807) is 0 Å². The van der Waals surface area contributed by atoms with Gasteiger partial charge in [0.05, 0.1) is 12.7 Å². The van der Waals surface area contributed by atoms with Crippen molar-refractivity contribution in [1.29, 1.82) is 0 Å². The van der Waals surface area contributed by atoms with Crippen molar-refractivity contribution < 1.29 is 19.1 Å². The first kappa shape index (κ1) is 28.2. The molecule has 0 saturated heterocycles. The molecule has 1 fully saturated rings. The van der Waals surface area contributed by atoms with E-state index >= 15 is 0 Å². The number of amides is 2. The molecule has 0 aromatic carbocycles. The highest BCUT2D eigenvalue weighted by Gasteiger charge is 2.50. The summed E-state index contributed by atoms with van der Waals surface area (Å²) in [6.07, 6.45) is 5.49. The van der Waals surface area contributed by atoms with Crippen LogP contribution in [0.5, 0.6) is 0 Å². The lowest BCUT2D eigenvalue weighted by atomic mass is 9.99. The summed E-state index contributed by atoms with van der Waals surface area (Å²) in [7, 11) is 0. The van der Waals surface area contributed by atoms with Crippen molar-refractivity contribution in [1.82, 2.24) is 15.6 Å². The van der Waals surface area contributed by atoms with Crippen molar-refractivity contribution in [2.45, 2.75) is 97.2 Å². The highest BCUT2D eigenvalue weighted by atomic mass is 16.5. The van der Waals surface area contributed by atoms with Crippen molar-refractivity contribution in [3.63, 3.8) is 0 Å². The predicted molar refractivity (Wildman–Crippen MR) is 133 cm³/mol. The van der Waals surface area contributed by atoms with Crippen molar-refractivity contribution in [2.75, 3.05) is 19.8 Å². The molecule has 3 unspecified atom stereocenters. The first-order valence-electron chi connectivity index (χ1n) is 12.6. The Morgan fingerprint density at radius 3 is 2.47 bits per heavy atom. The van der Waals surface area contributed by atoms with Gasteiger partial charge in [-0.1, -0.05) is 0 Å². The summed E-state index contributed by atoms with van der Waals surface area (Å²) in [5, 5.41) is 7.41. The lowest BCUT2D eigenvalue weighted by Crippen LogP contribution is -2.46. The zero-order chi connectivity index (χ0) is 25.5. The van der Waals surface area contributed by atoms with Crippen molar-refractivity contribution in [3.05, 3.63) is 11.4 Å². The standard InChI is InChI=1S/C25H47N5O4/c1-17(11-13-28-16-31)33-14-12-25(5,6)29-23(32)34-15-20-18-7-9-21(26)22(10-8-19(18)20)30(27)24(2,3)4/h16-20H,7-15,26-27H2,1-6H3,(H,28,31)(H,29,32)/b22-21-/t17?,18?,19?,20-/m0/s1. The third-order valence-corrected chi connectivity index (χ3v) is 7.11. The average Bonchev–Trinajstić information content (AvgIpc) is 3.38. The molecule has 2 aliphatic carbocycles. The summed E-state index contributed by atoms with van der Waals surface area (Å²) in [6.45, 7) is 13.7. The number of hydrazine groups is 1. The zero-order valence-electron chi connectivity index (χ0n) is 22.0. The van der Waals surface area contributed by atoms with Gasteiger partial charge in [0, 0.05) is 35.6 Å².